The van der Waals surface area contributed by atoms with Gasteiger partial charge in [-0.3, -0.25) is 0 Å². The molecule has 0 spiro atoms. The number of rotatable bonds is 4. The Morgan fingerprint density at radius 3 is 2.65 bits per heavy atom. The Balaban J connectivity index is 1.96. The molecule has 17 heavy (non-hydrogen) atoms. The number of nitrogens with two attached hydrogens (primary N) is 1. The number of benzene rings is 1. The number of nitrogens with one attached hydrogen (secondary N) is 1. The molecule has 2 nitrogen and oxygen atoms in total. The highest BCUT2D eigenvalue weighted by atomic mass is 15.0. The first-order valence-corrected chi connectivity index (χ1v) is 6.73. The van der Waals surface area contributed by atoms with Crippen molar-refractivity contribution in [3.8, 4) is 0 Å². The molecule has 1 aromatic rings. The summed E-state index contributed by atoms with van der Waals surface area (Å²) in [4.78, 5) is 0. The third-order valence-electron chi connectivity index (χ3n) is 4.00. The fourth-order valence-electron chi connectivity index (χ4n) is 2.81. The summed E-state index contributed by atoms with van der Waals surface area (Å²) in [6, 6.07) is 9.84. The van der Waals surface area contributed by atoms with Gasteiger partial charge in [-0.15, -0.1) is 0 Å². The molecule has 0 radical (unpaired) electrons. The molecule has 1 aliphatic rings. The van der Waals surface area contributed by atoms with E-state index in [1.165, 1.54) is 30.4 Å². The number of hydrogen-bond acceptors (Lipinski definition) is 2. The van der Waals surface area contributed by atoms with Crippen molar-refractivity contribution in [3.63, 3.8) is 0 Å². The van der Waals surface area contributed by atoms with Crippen LogP contribution in [0, 0.1) is 12.8 Å². The molecule has 1 fully saturated rings. The van der Waals surface area contributed by atoms with E-state index >= 15 is 0 Å². The molecule has 94 valence electrons. The van der Waals surface area contributed by atoms with Crippen LogP contribution in [0.5, 0.6) is 0 Å². The molecule has 2 unspecified atom stereocenters. The van der Waals surface area contributed by atoms with Crippen LogP contribution >= 0.6 is 0 Å². The lowest BCUT2D eigenvalue weighted by molar-refractivity contribution is 0.374. The summed E-state index contributed by atoms with van der Waals surface area (Å²) < 4.78 is 0. The molecule has 0 amide bonds. The summed E-state index contributed by atoms with van der Waals surface area (Å²) in [6.45, 7) is 5.19. The molecule has 0 saturated heterocycles. The van der Waals surface area contributed by atoms with E-state index < -0.39 is 0 Å². The van der Waals surface area contributed by atoms with Gasteiger partial charge in [-0.2, -0.15) is 0 Å². The van der Waals surface area contributed by atoms with Gasteiger partial charge in [0.15, 0.2) is 0 Å². The summed E-state index contributed by atoms with van der Waals surface area (Å²) in [5.41, 5.74) is 8.51. The standard InChI is InChI=1S/C15H24N2/c1-11-6-8-13(9-7-11)12(2)17-15-5-3-4-14(15)10-16/h6-9,12,14-15,17H,3-5,10,16H2,1-2H3/t12-,14?,15?/m1/s1. The lowest BCUT2D eigenvalue weighted by Crippen LogP contribution is -2.37. The van der Waals surface area contributed by atoms with Gasteiger partial charge in [0.1, 0.15) is 0 Å². The van der Waals surface area contributed by atoms with E-state index in [4.69, 9.17) is 5.73 Å². The maximum Gasteiger partial charge on any atom is 0.0294 e. The zero-order valence-corrected chi connectivity index (χ0v) is 10.9. The smallest absolute Gasteiger partial charge is 0.0294 e. The minimum absolute atomic E-state index is 0.424. The van der Waals surface area contributed by atoms with Crippen molar-refractivity contribution in [3.05, 3.63) is 35.4 Å². The lowest BCUT2D eigenvalue weighted by atomic mass is 10.0. The van der Waals surface area contributed by atoms with Crippen molar-refractivity contribution in [1.29, 1.82) is 0 Å². The first kappa shape index (κ1) is 12.6. The molecule has 3 atom stereocenters. The van der Waals surface area contributed by atoms with Gasteiger partial charge in [-0.05, 0) is 44.7 Å². The maximum absolute atomic E-state index is 5.82. The predicted molar refractivity (Wildman–Crippen MR) is 72.9 cm³/mol. The predicted octanol–water partition coefficient (Wildman–Crippen LogP) is 2.77. The van der Waals surface area contributed by atoms with E-state index in [9.17, 15) is 0 Å². The third-order valence-corrected chi connectivity index (χ3v) is 4.00. The minimum atomic E-state index is 0.424. The monoisotopic (exact) mass is 232 g/mol. The van der Waals surface area contributed by atoms with Gasteiger partial charge in [0.25, 0.3) is 0 Å². The Kier molecular flexibility index (Phi) is 4.19. The molecule has 3 N–H and O–H groups in total. The Morgan fingerprint density at radius 1 is 1.29 bits per heavy atom. The summed E-state index contributed by atoms with van der Waals surface area (Å²) >= 11 is 0. The fraction of sp³-hybridized carbons (Fsp3) is 0.600. The Bertz CT molecular complexity index is 344. The van der Waals surface area contributed by atoms with Crippen LogP contribution in [0.25, 0.3) is 0 Å². The van der Waals surface area contributed by atoms with Crippen LogP contribution in [0.3, 0.4) is 0 Å². The van der Waals surface area contributed by atoms with Crippen LogP contribution in [-0.2, 0) is 0 Å². The van der Waals surface area contributed by atoms with Crippen molar-refractivity contribution in [2.75, 3.05) is 6.54 Å². The second-order valence-electron chi connectivity index (χ2n) is 5.33. The van der Waals surface area contributed by atoms with Gasteiger partial charge in [0, 0.05) is 12.1 Å². The highest BCUT2D eigenvalue weighted by molar-refractivity contribution is 5.23. The van der Waals surface area contributed by atoms with Gasteiger partial charge in [0.05, 0.1) is 0 Å². The molecule has 2 heteroatoms. The first-order chi connectivity index (χ1) is 8.20. The molecule has 1 aromatic carbocycles. The van der Waals surface area contributed by atoms with Gasteiger partial charge in [-0.1, -0.05) is 36.2 Å². The van der Waals surface area contributed by atoms with E-state index in [1.807, 2.05) is 0 Å². The van der Waals surface area contributed by atoms with Gasteiger partial charge in [0.2, 0.25) is 0 Å². The largest absolute Gasteiger partial charge is 0.330 e. The van der Waals surface area contributed by atoms with E-state index in [-0.39, 0.29) is 0 Å². The van der Waals surface area contributed by atoms with Crippen molar-refractivity contribution >= 4 is 0 Å². The zero-order chi connectivity index (χ0) is 12.3. The van der Waals surface area contributed by atoms with E-state index in [0.29, 0.717) is 18.0 Å². The SMILES string of the molecule is Cc1ccc([C@@H](C)NC2CCCC2CN)cc1. The average molecular weight is 232 g/mol. The topological polar surface area (TPSA) is 38.0 Å². The van der Waals surface area contributed by atoms with Gasteiger partial charge in [-0.25, -0.2) is 0 Å². The second kappa shape index (κ2) is 5.65. The van der Waals surface area contributed by atoms with Gasteiger partial charge >= 0.3 is 0 Å². The van der Waals surface area contributed by atoms with Crippen LogP contribution in [0.4, 0.5) is 0 Å². The van der Waals surface area contributed by atoms with Crippen molar-refractivity contribution in [2.45, 2.75) is 45.2 Å². The summed E-state index contributed by atoms with van der Waals surface area (Å²) in [6.07, 6.45) is 3.88. The van der Waals surface area contributed by atoms with E-state index in [1.54, 1.807) is 0 Å². The molecule has 0 bridgehead atoms. The highest BCUT2D eigenvalue weighted by Gasteiger charge is 2.26. The summed E-state index contributed by atoms with van der Waals surface area (Å²) in [5.74, 6) is 0.669. The highest BCUT2D eigenvalue weighted by Crippen LogP contribution is 2.27. The maximum atomic E-state index is 5.82. The quantitative estimate of drug-likeness (QED) is 0.837. The van der Waals surface area contributed by atoms with Crippen LogP contribution in [-0.4, -0.2) is 12.6 Å². The normalized spacial score (nSPS) is 26.1. The second-order valence-corrected chi connectivity index (χ2v) is 5.33. The number of aryl methyl sites for hydroxylation is 1. The Hall–Kier alpha value is -0.860. The molecule has 0 aromatic heterocycles. The van der Waals surface area contributed by atoms with E-state index in [2.05, 4.69) is 43.4 Å². The molecule has 2 rings (SSSR count). The van der Waals surface area contributed by atoms with Gasteiger partial charge < -0.3 is 11.1 Å². The van der Waals surface area contributed by atoms with Crippen molar-refractivity contribution in [1.82, 2.24) is 5.32 Å². The van der Waals surface area contributed by atoms with Crippen LogP contribution in [0.15, 0.2) is 24.3 Å². The molecule has 1 saturated carbocycles. The zero-order valence-electron chi connectivity index (χ0n) is 10.9. The fourth-order valence-corrected chi connectivity index (χ4v) is 2.81. The molecular formula is C15H24N2. The van der Waals surface area contributed by atoms with Crippen LogP contribution < -0.4 is 11.1 Å². The summed E-state index contributed by atoms with van der Waals surface area (Å²) in [7, 11) is 0. The molecular weight excluding hydrogens is 208 g/mol. The van der Waals surface area contributed by atoms with Crippen molar-refractivity contribution in [2.24, 2.45) is 11.7 Å². The molecule has 1 aliphatic carbocycles. The minimum Gasteiger partial charge on any atom is -0.330 e. The van der Waals surface area contributed by atoms with Crippen LogP contribution in [0.2, 0.25) is 0 Å². The van der Waals surface area contributed by atoms with E-state index in [0.717, 1.165) is 6.54 Å². The van der Waals surface area contributed by atoms with Crippen LogP contribution in [0.1, 0.15) is 43.4 Å². The Labute approximate surface area is 105 Å². The first-order valence-electron chi connectivity index (χ1n) is 6.73. The van der Waals surface area contributed by atoms with Crippen molar-refractivity contribution < 1.29 is 0 Å². The molecule has 0 aliphatic heterocycles. The Morgan fingerprint density at radius 2 is 2.00 bits per heavy atom. The average Bonchev–Trinajstić information content (AvgIpc) is 2.77. The molecule has 0 heterocycles. The number of hydrogen-bond donors (Lipinski definition) is 2. The summed E-state index contributed by atoms with van der Waals surface area (Å²) in [5, 5.41) is 3.74. The lowest BCUT2D eigenvalue weighted by Gasteiger charge is -2.24. The third kappa shape index (κ3) is 3.08.